The fraction of sp³-hybridized carbons (Fsp3) is 0.407. The summed E-state index contributed by atoms with van der Waals surface area (Å²) >= 11 is 0. The minimum Gasteiger partial charge on any atom is -0.492 e. The van der Waals surface area contributed by atoms with Crippen LogP contribution in [0.2, 0.25) is 0 Å². The van der Waals surface area contributed by atoms with Gasteiger partial charge in [0.25, 0.3) is 0 Å². The molecule has 0 unspecified atom stereocenters. The average molecular weight is 430 g/mol. The fourth-order valence-electron chi connectivity index (χ4n) is 5.17. The van der Waals surface area contributed by atoms with Gasteiger partial charge < -0.3 is 9.64 Å². The Balaban J connectivity index is 1.30. The van der Waals surface area contributed by atoms with Gasteiger partial charge in [0, 0.05) is 44.8 Å². The molecule has 0 N–H and O–H groups in total. The summed E-state index contributed by atoms with van der Waals surface area (Å²) in [5.74, 6) is 1.49. The topological polar surface area (TPSA) is 45.7 Å². The number of aromatic nitrogens is 1. The van der Waals surface area contributed by atoms with E-state index in [-0.39, 0.29) is 5.92 Å². The van der Waals surface area contributed by atoms with E-state index in [0.717, 1.165) is 57.7 Å². The standard InChI is InChI=1S/C27H31N3O2/c31-27(30-12-3-4-13-30)25-15-22(20-32-26-8-5-11-28-16-26)18-29(19-25)17-21-9-10-23-6-1-2-7-24(23)14-21/h1-2,5-11,14,16,22,25H,3-4,12-13,15,17-20H2/t22-,25+/m0/s1. The van der Waals surface area contributed by atoms with Crippen LogP contribution in [0.4, 0.5) is 0 Å². The van der Waals surface area contributed by atoms with E-state index in [1.165, 1.54) is 16.3 Å². The number of hydrogen-bond donors (Lipinski definition) is 0. The summed E-state index contributed by atoms with van der Waals surface area (Å²) in [5.41, 5.74) is 1.30. The number of pyridine rings is 1. The minimum absolute atomic E-state index is 0.0461. The van der Waals surface area contributed by atoms with Crippen molar-refractivity contribution in [3.8, 4) is 5.75 Å². The quantitative estimate of drug-likeness (QED) is 0.584. The normalized spacial score (nSPS) is 21.7. The van der Waals surface area contributed by atoms with Crippen LogP contribution in [0.3, 0.4) is 0 Å². The third-order valence-corrected chi connectivity index (χ3v) is 6.72. The lowest BCUT2D eigenvalue weighted by Gasteiger charge is -2.38. The molecular formula is C27H31N3O2. The molecule has 1 amide bonds. The molecule has 2 saturated heterocycles. The molecule has 5 heteroatoms. The van der Waals surface area contributed by atoms with Crippen molar-refractivity contribution in [1.82, 2.24) is 14.8 Å². The van der Waals surface area contributed by atoms with Crippen LogP contribution in [0.1, 0.15) is 24.8 Å². The van der Waals surface area contributed by atoms with Crippen LogP contribution in [0.5, 0.6) is 5.75 Å². The molecule has 166 valence electrons. The summed E-state index contributed by atoms with van der Waals surface area (Å²) in [4.78, 5) is 21.9. The molecule has 2 atom stereocenters. The van der Waals surface area contributed by atoms with Gasteiger partial charge in [-0.25, -0.2) is 0 Å². The van der Waals surface area contributed by atoms with Crippen molar-refractivity contribution in [3.05, 3.63) is 72.6 Å². The predicted octanol–water partition coefficient (Wildman–Crippen LogP) is 4.37. The Bertz CT molecular complexity index is 1050. The molecule has 5 nitrogen and oxygen atoms in total. The number of piperidine rings is 1. The molecule has 0 aliphatic carbocycles. The predicted molar refractivity (Wildman–Crippen MR) is 126 cm³/mol. The highest BCUT2D eigenvalue weighted by Crippen LogP contribution is 2.28. The average Bonchev–Trinajstić information content (AvgIpc) is 3.38. The second-order valence-corrected chi connectivity index (χ2v) is 9.21. The molecule has 5 rings (SSSR count). The first-order valence-electron chi connectivity index (χ1n) is 11.8. The Morgan fingerprint density at radius 3 is 2.66 bits per heavy atom. The summed E-state index contributed by atoms with van der Waals surface area (Å²) in [7, 11) is 0. The Kier molecular flexibility index (Phi) is 6.35. The molecule has 32 heavy (non-hydrogen) atoms. The van der Waals surface area contributed by atoms with Crippen LogP contribution in [0, 0.1) is 11.8 Å². The van der Waals surface area contributed by atoms with E-state index in [2.05, 4.69) is 57.2 Å². The lowest BCUT2D eigenvalue weighted by molar-refractivity contribution is -0.137. The first-order chi connectivity index (χ1) is 15.7. The summed E-state index contributed by atoms with van der Waals surface area (Å²) in [6.45, 7) is 5.07. The van der Waals surface area contributed by atoms with Crippen molar-refractivity contribution >= 4 is 16.7 Å². The van der Waals surface area contributed by atoms with Gasteiger partial charge in [0.2, 0.25) is 5.91 Å². The number of amides is 1. The van der Waals surface area contributed by atoms with Gasteiger partial charge in [-0.15, -0.1) is 0 Å². The molecule has 1 aromatic heterocycles. The highest BCUT2D eigenvalue weighted by molar-refractivity contribution is 5.83. The van der Waals surface area contributed by atoms with Crippen LogP contribution in [0.15, 0.2) is 67.0 Å². The third-order valence-electron chi connectivity index (χ3n) is 6.72. The number of ether oxygens (including phenoxy) is 1. The Hall–Kier alpha value is -2.92. The van der Waals surface area contributed by atoms with Crippen molar-refractivity contribution in [1.29, 1.82) is 0 Å². The fourth-order valence-corrected chi connectivity index (χ4v) is 5.17. The van der Waals surface area contributed by atoms with Gasteiger partial charge in [0.15, 0.2) is 0 Å². The highest BCUT2D eigenvalue weighted by atomic mass is 16.5. The van der Waals surface area contributed by atoms with Gasteiger partial charge in [-0.3, -0.25) is 14.7 Å². The smallest absolute Gasteiger partial charge is 0.226 e. The molecule has 2 aliphatic heterocycles. The van der Waals surface area contributed by atoms with Gasteiger partial charge in [-0.1, -0.05) is 36.4 Å². The van der Waals surface area contributed by atoms with Crippen molar-refractivity contribution in [3.63, 3.8) is 0 Å². The van der Waals surface area contributed by atoms with E-state index in [0.29, 0.717) is 18.4 Å². The molecule has 3 heterocycles. The number of carbonyl (C=O) groups is 1. The maximum absolute atomic E-state index is 13.2. The lowest BCUT2D eigenvalue weighted by Crippen LogP contribution is -2.48. The zero-order valence-electron chi connectivity index (χ0n) is 18.5. The molecule has 3 aromatic rings. The van der Waals surface area contributed by atoms with Crippen LogP contribution < -0.4 is 4.74 Å². The first kappa shape index (κ1) is 21.0. The Morgan fingerprint density at radius 1 is 1.00 bits per heavy atom. The second-order valence-electron chi connectivity index (χ2n) is 9.21. The van der Waals surface area contributed by atoms with E-state index >= 15 is 0 Å². The molecular weight excluding hydrogens is 398 g/mol. The molecule has 0 bridgehead atoms. The van der Waals surface area contributed by atoms with Gasteiger partial charge in [0.05, 0.1) is 18.7 Å². The largest absolute Gasteiger partial charge is 0.492 e. The summed E-state index contributed by atoms with van der Waals surface area (Å²) < 4.78 is 6.04. The summed E-state index contributed by atoms with van der Waals surface area (Å²) in [6, 6.07) is 19.0. The number of likely N-dealkylation sites (tertiary alicyclic amines) is 2. The maximum Gasteiger partial charge on any atom is 0.226 e. The molecule has 0 saturated carbocycles. The van der Waals surface area contributed by atoms with Crippen LogP contribution >= 0.6 is 0 Å². The van der Waals surface area contributed by atoms with Crippen LogP contribution in [-0.4, -0.2) is 53.5 Å². The molecule has 2 aromatic carbocycles. The minimum atomic E-state index is 0.0461. The first-order valence-corrected chi connectivity index (χ1v) is 11.8. The zero-order valence-corrected chi connectivity index (χ0v) is 18.5. The second kappa shape index (κ2) is 9.70. The third kappa shape index (κ3) is 4.94. The Labute approximate surface area is 190 Å². The molecule has 2 aliphatic rings. The SMILES string of the molecule is O=C([C@@H]1C[C@H](COc2cccnc2)CN(Cc2ccc3ccccc3c2)C1)N1CCCC1. The van der Waals surface area contributed by atoms with Crippen molar-refractivity contribution < 1.29 is 9.53 Å². The number of carbonyl (C=O) groups excluding carboxylic acids is 1. The lowest BCUT2D eigenvalue weighted by atomic mass is 9.88. The van der Waals surface area contributed by atoms with E-state index in [4.69, 9.17) is 4.74 Å². The van der Waals surface area contributed by atoms with Crippen molar-refractivity contribution in [2.24, 2.45) is 11.8 Å². The van der Waals surface area contributed by atoms with Crippen molar-refractivity contribution in [2.45, 2.75) is 25.8 Å². The molecule has 0 spiro atoms. The number of benzene rings is 2. The van der Waals surface area contributed by atoms with Gasteiger partial charge in [0.1, 0.15) is 5.75 Å². The van der Waals surface area contributed by atoms with Crippen LogP contribution in [-0.2, 0) is 11.3 Å². The van der Waals surface area contributed by atoms with Gasteiger partial charge >= 0.3 is 0 Å². The molecule has 2 fully saturated rings. The summed E-state index contributed by atoms with van der Waals surface area (Å²) in [6.07, 6.45) is 6.66. The maximum atomic E-state index is 13.2. The monoisotopic (exact) mass is 429 g/mol. The van der Waals surface area contributed by atoms with E-state index in [9.17, 15) is 4.79 Å². The highest BCUT2D eigenvalue weighted by Gasteiger charge is 2.35. The van der Waals surface area contributed by atoms with Crippen molar-refractivity contribution in [2.75, 3.05) is 32.8 Å². The van der Waals surface area contributed by atoms with E-state index in [1.807, 2.05) is 12.1 Å². The number of rotatable bonds is 6. The van der Waals surface area contributed by atoms with E-state index in [1.54, 1.807) is 12.4 Å². The van der Waals surface area contributed by atoms with Gasteiger partial charge in [-0.05, 0) is 53.8 Å². The summed E-state index contributed by atoms with van der Waals surface area (Å²) in [5, 5.41) is 2.53. The number of fused-ring (bicyclic) bond motifs is 1. The zero-order chi connectivity index (χ0) is 21.8. The number of nitrogens with zero attached hydrogens (tertiary/aromatic N) is 3. The van der Waals surface area contributed by atoms with Gasteiger partial charge in [-0.2, -0.15) is 0 Å². The van der Waals surface area contributed by atoms with Crippen LogP contribution in [0.25, 0.3) is 10.8 Å². The molecule has 0 radical (unpaired) electrons. The number of hydrogen-bond acceptors (Lipinski definition) is 4. The Morgan fingerprint density at radius 2 is 1.84 bits per heavy atom. The van der Waals surface area contributed by atoms with E-state index < -0.39 is 0 Å².